The van der Waals surface area contributed by atoms with E-state index in [2.05, 4.69) is 17.0 Å². The topological polar surface area (TPSA) is 58.2 Å². The molecule has 0 spiro atoms. The maximum absolute atomic E-state index is 12.0. The van der Waals surface area contributed by atoms with E-state index >= 15 is 0 Å². The highest BCUT2D eigenvalue weighted by Crippen LogP contribution is 2.21. The van der Waals surface area contributed by atoms with Crippen LogP contribution in [0.25, 0.3) is 0 Å². The van der Waals surface area contributed by atoms with Crippen molar-refractivity contribution >= 4 is 33.1 Å². The van der Waals surface area contributed by atoms with Crippen molar-refractivity contribution in [2.45, 2.75) is 24.0 Å². The lowest BCUT2D eigenvalue weighted by molar-refractivity contribution is 0.583. The van der Waals surface area contributed by atoms with Gasteiger partial charge in [-0.05, 0) is 50.1 Å². The van der Waals surface area contributed by atoms with Crippen molar-refractivity contribution in [1.82, 2.24) is 10.0 Å². The summed E-state index contributed by atoms with van der Waals surface area (Å²) in [5, 5.41) is 3.23. The first-order valence-electron chi connectivity index (χ1n) is 6.38. The molecule has 0 atom stereocenters. The second kappa shape index (κ2) is 8.97. The number of thioether (sulfide) groups is 1. The molecule has 2 N–H and O–H groups in total. The summed E-state index contributed by atoms with van der Waals surface area (Å²) < 4.78 is 27.1. The van der Waals surface area contributed by atoms with E-state index in [1.54, 1.807) is 17.8 Å². The zero-order chi connectivity index (χ0) is 14.1. The van der Waals surface area contributed by atoms with E-state index in [1.807, 2.05) is 12.3 Å². The molecule has 0 bridgehead atoms. The summed E-state index contributed by atoms with van der Waals surface area (Å²) in [6, 6.07) is 3.60. The Balaban J connectivity index is 2.49. The molecule has 0 saturated carbocycles. The standard InChI is InChI=1S/C12H22N2O2S3/c1-3-13-9-7-11-5-6-12(18-11)19(15,16)14-8-4-10-17-2/h5-6,13-14H,3-4,7-10H2,1-2H3. The Morgan fingerprint density at radius 1 is 1.32 bits per heavy atom. The third-order valence-electron chi connectivity index (χ3n) is 2.52. The summed E-state index contributed by atoms with van der Waals surface area (Å²) in [5.41, 5.74) is 0. The van der Waals surface area contributed by atoms with Crippen LogP contribution in [0, 0.1) is 0 Å². The quantitative estimate of drug-likeness (QED) is 0.646. The predicted molar refractivity (Wildman–Crippen MR) is 84.8 cm³/mol. The molecule has 19 heavy (non-hydrogen) atoms. The molecule has 0 amide bonds. The number of rotatable bonds is 10. The lowest BCUT2D eigenvalue weighted by Gasteiger charge is -2.03. The first-order chi connectivity index (χ1) is 9.10. The Kier molecular flexibility index (Phi) is 8.01. The van der Waals surface area contributed by atoms with Crippen molar-refractivity contribution in [2.75, 3.05) is 31.6 Å². The van der Waals surface area contributed by atoms with Crippen LogP contribution in [0.1, 0.15) is 18.2 Å². The number of nitrogens with one attached hydrogen (secondary N) is 2. The Bertz CT molecular complexity index is 457. The van der Waals surface area contributed by atoms with E-state index in [0.717, 1.165) is 36.6 Å². The van der Waals surface area contributed by atoms with Crippen molar-refractivity contribution in [3.05, 3.63) is 17.0 Å². The van der Waals surface area contributed by atoms with E-state index in [9.17, 15) is 8.42 Å². The Hall–Kier alpha value is -0.0800. The van der Waals surface area contributed by atoms with Gasteiger partial charge in [-0.15, -0.1) is 11.3 Å². The summed E-state index contributed by atoms with van der Waals surface area (Å²) in [6.07, 6.45) is 3.75. The van der Waals surface area contributed by atoms with Gasteiger partial charge in [0.05, 0.1) is 0 Å². The fourth-order valence-electron chi connectivity index (χ4n) is 1.52. The van der Waals surface area contributed by atoms with Crippen molar-refractivity contribution in [3.8, 4) is 0 Å². The molecule has 0 saturated heterocycles. The minimum absolute atomic E-state index is 0.420. The monoisotopic (exact) mass is 322 g/mol. The van der Waals surface area contributed by atoms with E-state index in [1.165, 1.54) is 11.3 Å². The lowest BCUT2D eigenvalue weighted by Crippen LogP contribution is -2.24. The molecule has 0 radical (unpaired) electrons. The van der Waals surface area contributed by atoms with Crippen LogP contribution in [0.3, 0.4) is 0 Å². The lowest BCUT2D eigenvalue weighted by atomic mass is 10.3. The van der Waals surface area contributed by atoms with Crippen LogP contribution in [0.5, 0.6) is 0 Å². The second-order valence-corrected chi connectivity index (χ2v) is 8.22. The molecule has 0 unspecified atom stereocenters. The minimum atomic E-state index is -3.31. The maximum atomic E-state index is 12.0. The van der Waals surface area contributed by atoms with E-state index in [4.69, 9.17) is 0 Å². The zero-order valence-electron chi connectivity index (χ0n) is 11.4. The fraction of sp³-hybridized carbons (Fsp3) is 0.667. The third-order valence-corrected chi connectivity index (χ3v) is 6.31. The Morgan fingerprint density at radius 2 is 2.11 bits per heavy atom. The van der Waals surface area contributed by atoms with Gasteiger partial charge in [-0.2, -0.15) is 11.8 Å². The smallest absolute Gasteiger partial charge is 0.250 e. The number of hydrogen-bond acceptors (Lipinski definition) is 5. The van der Waals surface area contributed by atoms with E-state index < -0.39 is 10.0 Å². The van der Waals surface area contributed by atoms with E-state index in [-0.39, 0.29) is 0 Å². The molecule has 1 aromatic rings. The highest BCUT2D eigenvalue weighted by atomic mass is 32.2. The number of thiophene rings is 1. The number of likely N-dealkylation sites (N-methyl/N-ethyl adjacent to an activating group) is 1. The van der Waals surface area contributed by atoms with Gasteiger partial charge in [0.15, 0.2) is 0 Å². The molecule has 0 aliphatic carbocycles. The molecule has 0 aliphatic rings. The van der Waals surface area contributed by atoms with Gasteiger partial charge in [0.2, 0.25) is 10.0 Å². The number of sulfonamides is 1. The predicted octanol–water partition coefficient (Wildman–Crippen LogP) is 1.93. The molecule has 7 heteroatoms. The van der Waals surface area contributed by atoms with Crippen molar-refractivity contribution < 1.29 is 8.42 Å². The fourth-order valence-corrected chi connectivity index (χ4v) is 4.43. The third kappa shape index (κ3) is 6.27. The molecule has 0 aromatic carbocycles. The molecular weight excluding hydrogens is 300 g/mol. The molecule has 4 nitrogen and oxygen atoms in total. The van der Waals surface area contributed by atoms with Gasteiger partial charge < -0.3 is 5.32 Å². The molecular formula is C12H22N2O2S3. The van der Waals surface area contributed by atoms with Crippen LogP contribution < -0.4 is 10.0 Å². The van der Waals surface area contributed by atoms with Gasteiger partial charge in [0, 0.05) is 11.4 Å². The van der Waals surface area contributed by atoms with Gasteiger partial charge in [0.1, 0.15) is 4.21 Å². The average Bonchev–Trinajstić information content (AvgIpc) is 2.85. The highest BCUT2D eigenvalue weighted by Gasteiger charge is 2.15. The minimum Gasteiger partial charge on any atom is -0.317 e. The molecule has 1 aromatic heterocycles. The summed E-state index contributed by atoms with van der Waals surface area (Å²) in [4.78, 5) is 1.10. The van der Waals surface area contributed by atoms with Crippen LogP contribution in [0.4, 0.5) is 0 Å². The van der Waals surface area contributed by atoms with Crippen LogP contribution in [-0.4, -0.2) is 40.1 Å². The van der Waals surface area contributed by atoms with E-state index in [0.29, 0.717) is 10.8 Å². The largest absolute Gasteiger partial charge is 0.317 e. The summed E-state index contributed by atoms with van der Waals surface area (Å²) in [7, 11) is -3.31. The van der Waals surface area contributed by atoms with Gasteiger partial charge in [-0.25, -0.2) is 13.1 Å². The van der Waals surface area contributed by atoms with Crippen LogP contribution >= 0.6 is 23.1 Å². The second-order valence-electron chi connectivity index (χ2n) is 4.07. The van der Waals surface area contributed by atoms with Crippen LogP contribution in [0.2, 0.25) is 0 Å². The SMILES string of the molecule is CCNCCc1ccc(S(=O)(=O)NCCCSC)s1. The molecule has 110 valence electrons. The first kappa shape index (κ1) is 17.0. The Labute approximate surface area is 124 Å². The van der Waals surface area contributed by atoms with Crippen LogP contribution in [-0.2, 0) is 16.4 Å². The molecule has 0 fully saturated rings. The van der Waals surface area contributed by atoms with Crippen molar-refractivity contribution in [1.29, 1.82) is 0 Å². The summed E-state index contributed by atoms with van der Waals surface area (Å²) in [5.74, 6) is 0.973. The van der Waals surface area contributed by atoms with Gasteiger partial charge in [-0.3, -0.25) is 0 Å². The maximum Gasteiger partial charge on any atom is 0.250 e. The van der Waals surface area contributed by atoms with Gasteiger partial charge in [-0.1, -0.05) is 6.92 Å². The van der Waals surface area contributed by atoms with Crippen molar-refractivity contribution in [2.24, 2.45) is 0 Å². The Morgan fingerprint density at radius 3 is 2.79 bits per heavy atom. The van der Waals surface area contributed by atoms with Crippen LogP contribution in [0.15, 0.2) is 16.3 Å². The number of hydrogen-bond donors (Lipinski definition) is 2. The molecule has 0 aliphatic heterocycles. The van der Waals surface area contributed by atoms with Gasteiger partial charge in [0.25, 0.3) is 0 Å². The zero-order valence-corrected chi connectivity index (χ0v) is 13.9. The highest BCUT2D eigenvalue weighted by molar-refractivity contribution is 7.98. The first-order valence-corrected chi connectivity index (χ1v) is 10.1. The normalized spacial score (nSPS) is 11.9. The summed E-state index contributed by atoms with van der Waals surface area (Å²) >= 11 is 3.08. The molecule has 1 heterocycles. The van der Waals surface area contributed by atoms with Crippen molar-refractivity contribution in [3.63, 3.8) is 0 Å². The average molecular weight is 323 g/mol. The van der Waals surface area contributed by atoms with Gasteiger partial charge >= 0.3 is 0 Å². The summed E-state index contributed by atoms with van der Waals surface area (Å²) in [6.45, 7) is 4.39. The molecule has 1 rings (SSSR count).